The smallest absolute Gasteiger partial charge is 0.274 e. The van der Waals surface area contributed by atoms with E-state index in [4.69, 9.17) is 14.3 Å². The number of ether oxygens (including phenoxy) is 2. The zero-order chi connectivity index (χ0) is 13.0. The van der Waals surface area contributed by atoms with E-state index in [0.29, 0.717) is 17.1 Å². The minimum atomic E-state index is -0.461. The van der Waals surface area contributed by atoms with Gasteiger partial charge in [-0.25, -0.2) is 5.48 Å². The number of likely N-dealkylation sites (N-methyl/N-ethyl adjacent to an activating group) is 1. The highest BCUT2D eigenvalue weighted by atomic mass is 16.7. The van der Waals surface area contributed by atoms with Crippen LogP contribution >= 0.6 is 0 Å². The van der Waals surface area contributed by atoms with E-state index in [1.807, 2.05) is 0 Å². The topological polar surface area (TPSA) is 85.9 Å². The van der Waals surface area contributed by atoms with Crippen LogP contribution in [0.2, 0.25) is 0 Å². The largest absolute Gasteiger partial charge is 0.454 e. The van der Waals surface area contributed by atoms with Crippen LogP contribution in [0.4, 0.5) is 0 Å². The molecule has 0 aromatic heterocycles. The van der Waals surface area contributed by atoms with Crippen LogP contribution in [0.15, 0.2) is 18.2 Å². The van der Waals surface area contributed by atoms with Crippen molar-refractivity contribution in [3.05, 3.63) is 23.8 Å². The van der Waals surface area contributed by atoms with Gasteiger partial charge in [0.2, 0.25) is 12.7 Å². The second kappa shape index (κ2) is 5.37. The van der Waals surface area contributed by atoms with Crippen molar-refractivity contribution in [2.24, 2.45) is 0 Å². The molecule has 7 heteroatoms. The minimum absolute atomic E-state index is 0.146. The van der Waals surface area contributed by atoms with E-state index >= 15 is 0 Å². The molecular weight excluding hydrogens is 240 g/mol. The standard InChI is InChI=1S/C11H12N2O5/c1-12-10(14)5-18-13-11(15)7-2-3-8-9(4-7)17-6-16-8/h2-4H,5-6H2,1H3,(H,12,14)(H,13,15). The second-order valence-electron chi connectivity index (χ2n) is 3.46. The molecule has 18 heavy (non-hydrogen) atoms. The lowest BCUT2D eigenvalue weighted by atomic mass is 10.2. The number of rotatable bonds is 4. The first-order chi connectivity index (χ1) is 8.70. The lowest BCUT2D eigenvalue weighted by molar-refractivity contribution is -0.126. The fourth-order valence-electron chi connectivity index (χ4n) is 1.34. The van der Waals surface area contributed by atoms with Gasteiger partial charge in [-0.1, -0.05) is 0 Å². The van der Waals surface area contributed by atoms with Crippen molar-refractivity contribution in [1.82, 2.24) is 10.8 Å². The fourth-order valence-corrected chi connectivity index (χ4v) is 1.34. The summed E-state index contributed by atoms with van der Waals surface area (Å²) in [6.45, 7) is -0.0969. The Labute approximate surface area is 103 Å². The maximum absolute atomic E-state index is 11.7. The van der Waals surface area contributed by atoms with Gasteiger partial charge in [0, 0.05) is 12.6 Å². The molecule has 0 saturated carbocycles. The zero-order valence-electron chi connectivity index (χ0n) is 9.69. The molecule has 0 atom stereocenters. The van der Waals surface area contributed by atoms with Gasteiger partial charge < -0.3 is 14.8 Å². The van der Waals surface area contributed by atoms with E-state index in [1.165, 1.54) is 7.05 Å². The molecule has 0 radical (unpaired) electrons. The van der Waals surface area contributed by atoms with E-state index in [9.17, 15) is 9.59 Å². The Bertz CT molecular complexity index is 475. The third-order valence-electron chi connectivity index (χ3n) is 2.28. The molecule has 1 aliphatic heterocycles. The highest BCUT2D eigenvalue weighted by Crippen LogP contribution is 2.32. The Kier molecular flexibility index (Phi) is 3.63. The quantitative estimate of drug-likeness (QED) is 0.726. The molecule has 1 aromatic carbocycles. The number of hydroxylamine groups is 1. The van der Waals surface area contributed by atoms with Crippen LogP contribution in [0.3, 0.4) is 0 Å². The highest BCUT2D eigenvalue weighted by Gasteiger charge is 2.16. The van der Waals surface area contributed by atoms with Crippen molar-refractivity contribution in [2.75, 3.05) is 20.4 Å². The summed E-state index contributed by atoms with van der Waals surface area (Å²) >= 11 is 0. The molecule has 0 bridgehead atoms. The van der Waals surface area contributed by atoms with E-state index in [0.717, 1.165) is 0 Å². The lowest BCUT2D eigenvalue weighted by Gasteiger charge is -2.05. The van der Waals surface area contributed by atoms with E-state index in [1.54, 1.807) is 18.2 Å². The van der Waals surface area contributed by atoms with Gasteiger partial charge in [0.1, 0.15) is 0 Å². The summed E-state index contributed by atoms with van der Waals surface area (Å²) in [6, 6.07) is 4.75. The average Bonchev–Trinajstić information content (AvgIpc) is 2.85. The molecule has 2 rings (SSSR count). The number of hydrogen-bond acceptors (Lipinski definition) is 5. The molecule has 0 aliphatic carbocycles. The van der Waals surface area contributed by atoms with Crippen molar-refractivity contribution in [1.29, 1.82) is 0 Å². The normalized spacial score (nSPS) is 12.1. The first-order valence-corrected chi connectivity index (χ1v) is 5.23. The zero-order valence-corrected chi connectivity index (χ0v) is 9.69. The summed E-state index contributed by atoms with van der Waals surface area (Å²) < 4.78 is 10.3. The predicted octanol–water partition coefficient (Wildman–Crippen LogP) is -0.177. The van der Waals surface area contributed by atoms with Crippen LogP contribution in [0.25, 0.3) is 0 Å². The van der Waals surface area contributed by atoms with E-state index in [-0.39, 0.29) is 19.3 Å². The summed E-state index contributed by atoms with van der Waals surface area (Å²) in [7, 11) is 1.48. The molecule has 0 fully saturated rings. The van der Waals surface area contributed by atoms with Crippen molar-refractivity contribution < 1.29 is 23.9 Å². The van der Waals surface area contributed by atoms with Crippen molar-refractivity contribution >= 4 is 11.8 Å². The Hall–Kier alpha value is -2.28. The maximum atomic E-state index is 11.7. The summed E-state index contributed by atoms with van der Waals surface area (Å²) in [5.41, 5.74) is 2.52. The maximum Gasteiger partial charge on any atom is 0.274 e. The molecule has 2 N–H and O–H groups in total. The number of benzene rings is 1. The van der Waals surface area contributed by atoms with Crippen molar-refractivity contribution in [3.63, 3.8) is 0 Å². The molecular formula is C11H12N2O5. The van der Waals surface area contributed by atoms with Crippen LogP contribution in [0.5, 0.6) is 11.5 Å². The molecule has 1 aliphatic rings. The average molecular weight is 252 g/mol. The van der Waals surface area contributed by atoms with Gasteiger partial charge in [-0.2, -0.15) is 0 Å². The molecule has 0 unspecified atom stereocenters. The van der Waals surface area contributed by atoms with Gasteiger partial charge in [0.25, 0.3) is 5.91 Å². The lowest BCUT2D eigenvalue weighted by Crippen LogP contribution is -2.31. The molecule has 1 heterocycles. The van der Waals surface area contributed by atoms with Crippen molar-refractivity contribution in [3.8, 4) is 11.5 Å². The van der Waals surface area contributed by atoms with Crippen LogP contribution in [0.1, 0.15) is 10.4 Å². The molecule has 1 aromatic rings. The van der Waals surface area contributed by atoms with Crippen molar-refractivity contribution in [2.45, 2.75) is 0 Å². The molecule has 0 spiro atoms. The first-order valence-electron chi connectivity index (χ1n) is 5.23. The highest BCUT2D eigenvalue weighted by molar-refractivity contribution is 5.94. The van der Waals surface area contributed by atoms with Gasteiger partial charge in [-0.05, 0) is 18.2 Å². The molecule has 0 saturated heterocycles. The third kappa shape index (κ3) is 2.69. The van der Waals surface area contributed by atoms with Gasteiger partial charge >= 0.3 is 0 Å². The third-order valence-corrected chi connectivity index (χ3v) is 2.28. The van der Waals surface area contributed by atoms with Gasteiger partial charge in [-0.15, -0.1) is 0 Å². The number of carbonyl (C=O) groups excluding carboxylic acids is 2. The van der Waals surface area contributed by atoms with Gasteiger partial charge in [0.05, 0.1) is 0 Å². The number of fused-ring (bicyclic) bond motifs is 1. The molecule has 7 nitrogen and oxygen atoms in total. The van der Waals surface area contributed by atoms with Crippen LogP contribution in [-0.4, -0.2) is 32.3 Å². The van der Waals surface area contributed by atoms with Gasteiger partial charge in [0.15, 0.2) is 18.1 Å². The number of carbonyl (C=O) groups is 2. The molecule has 2 amide bonds. The first kappa shape index (κ1) is 12.2. The Morgan fingerprint density at radius 2 is 2.11 bits per heavy atom. The SMILES string of the molecule is CNC(=O)CONC(=O)c1ccc2c(c1)OCO2. The summed E-state index contributed by atoms with van der Waals surface area (Å²) in [5.74, 6) is 0.310. The number of hydrogen-bond donors (Lipinski definition) is 2. The van der Waals surface area contributed by atoms with E-state index in [2.05, 4.69) is 10.8 Å². The van der Waals surface area contributed by atoms with Crippen LogP contribution < -0.4 is 20.3 Å². The Morgan fingerprint density at radius 1 is 1.33 bits per heavy atom. The van der Waals surface area contributed by atoms with Crippen LogP contribution in [0, 0.1) is 0 Å². The summed E-state index contributed by atoms with van der Waals surface area (Å²) in [6.07, 6.45) is 0. The molecule has 96 valence electrons. The fraction of sp³-hybridized carbons (Fsp3) is 0.273. The minimum Gasteiger partial charge on any atom is -0.454 e. The summed E-state index contributed by atoms with van der Waals surface area (Å²) in [4.78, 5) is 27.2. The summed E-state index contributed by atoms with van der Waals surface area (Å²) in [5, 5.41) is 2.36. The predicted molar refractivity (Wildman–Crippen MR) is 60.0 cm³/mol. The monoisotopic (exact) mass is 252 g/mol. The number of nitrogens with one attached hydrogen (secondary N) is 2. The second-order valence-corrected chi connectivity index (χ2v) is 3.46. The Balaban J connectivity index is 1.91. The Morgan fingerprint density at radius 3 is 2.89 bits per heavy atom. The van der Waals surface area contributed by atoms with Gasteiger partial charge in [-0.3, -0.25) is 14.4 Å². The number of amides is 2. The van der Waals surface area contributed by atoms with E-state index < -0.39 is 5.91 Å². The van der Waals surface area contributed by atoms with Crippen LogP contribution in [-0.2, 0) is 9.63 Å².